The first-order valence-electron chi connectivity index (χ1n) is 5.06. The van der Waals surface area contributed by atoms with E-state index in [0.29, 0.717) is 0 Å². The zero-order chi connectivity index (χ0) is 10.8. The summed E-state index contributed by atoms with van der Waals surface area (Å²) in [7, 11) is 1.72. The molecule has 2 N–H and O–H groups in total. The summed E-state index contributed by atoms with van der Waals surface area (Å²) in [6, 6.07) is 8.16. The molecule has 0 saturated heterocycles. The number of methoxy groups -OCH3 is 1. The van der Waals surface area contributed by atoms with Crippen LogP contribution in [0.2, 0.25) is 0 Å². The van der Waals surface area contributed by atoms with E-state index in [1.54, 1.807) is 7.11 Å². The van der Waals surface area contributed by atoms with Crippen LogP contribution >= 0.6 is 12.4 Å². The number of rotatable bonds is 3. The van der Waals surface area contributed by atoms with E-state index in [1.807, 2.05) is 12.1 Å². The maximum atomic E-state index is 5.75. The Morgan fingerprint density at radius 3 is 2.75 bits per heavy atom. The summed E-state index contributed by atoms with van der Waals surface area (Å²) < 4.78 is 7.35. The Bertz CT molecular complexity index is 479. The van der Waals surface area contributed by atoms with Crippen molar-refractivity contribution in [2.45, 2.75) is 13.5 Å². The minimum Gasteiger partial charge on any atom is -0.399 e. The van der Waals surface area contributed by atoms with E-state index in [2.05, 4.69) is 23.6 Å². The molecular weight excluding hydrogens is 224 g/mol. The summed E-state index contributed by atoms with van der Waals surface area (Å²) >= 11 is 0. The monoisotopic (exact) mass is 240 g/mol. The number of fused-ring (bicyclic) bond motifs is 1. The molecule has 88 valence electrons. The molecule has 3 nitrogen and oxygen atoms in total. The van der Waals surface area contributed by atoms with Crippen molar-refractivity contribution in [1.82, 2.24) is 4.57 Å². The van der Waals surface area contributed by atoms with Crippen LogP contribution in [0.25, 0.3) is 10.9 Å². The Balaban J connectivity index is 0.00000128. The summed E-state index contributed by atoms with van der Waals surface area (Å²) in [4.78, 5) is 0. The van der Waals surface area contributed by atoms with Crippen molar-refractivity contribution in [2.75, 3.05) is 19.5 Å². The molecule has 0 bridgehead atoms. The summed E-state index contributed by atoms with van der Waals surface area (Å²) in [6.07, 6.45) is 0. The van der Waals surface area contributed by atoms with Gasteiger partial charge in [-0.2, -0.15) is 0 Å². The van der Waals surface area contributed by atoms with Gasteiger partial charge in [-0.05, 0) is 31.2 Å². The zero-order valence-corrected chi connectivity index (χ0v) is 10.4. The van der Waals surface area contributed by atoms with Crippen LogP contribution in [-0.2, 0) is 11.3 Å². The number of ether oxygens (including phenoxy) is 1. The molecule has 0 aliphatic carbocycles. The highest BCUT2D eigenvalue weighted by molar-refractivity contribution is 5.85. The third kappa shape index (κ3) is 2.31. The van der Waals surface area contributed by atoms with Gasteiger partial charge in [-0.15, -0.1) is 12.4 Å². The third-order valence-electron chi connectivity index (χ3n) is 2.65. The van der Waals surface area contributed by atoms with Gasteiger partial charge in [0.05, 0.1) is 6.61 Å². The van der Waals surface area contributed by atoms with Crippen LogP contribution < -0.4 is 5.73 Å². The molecule has 0 amide bonds. The molecule has 0 saturated carbocycles. The number of anilines is 1. The number of aromatic nitrogens is 1. The van der Waals surface area contributed by atoms with E-state index in [9.17, 15) is 0 Å². The number of nitrogens with two attached hydrogens (primary N) is 1. The number of benzene rings is 1. The molecule has 16 heavy (non-hydrogen) atoms. The summed E-state index contributed by atoms with van der Waals surface area (Å²) in [6.45, 7) is 3.72. The number of nitrogens with zero attached hydrogens (tertiary/aromatic N) is 1. The van der Waals surface area contributed by atoms with E-state index >= 15 is 0 Å². The van der Waals surface area contributed by atoms with Gasteiger partial charge in [0.2, 0.25) is 0 Å². The lowest BCUT2D eigenvalue weighted by atomic mass is 10.2. The third-order valence-corrected chi connectivity index (χ3v) is 2.65. The van der Waals surface area contributed by atoms with Crippen molar-refractivity contribution in [3.8, 4) is 0 Å². The van der Waals surface area contributed by atoms with Crippen LogP contribution in [0.1, 0.15) is 5.69 Å². The van der Waals surface area contributed by atoms with Crippen LogP contribution in [0.5, 0.6) is 0 Å². The van der Waals surface area contributed by atoms with Crippen molar-refractivity contribution in [3.05, 3.63) is 30.0 Å². The highest BCUT2D eigenvalue weighted by Crippen LogP contribution is 2.21. The molecule has 0 aliphatic rings. The molecule has 2 aromatic rings. The summed E-state index contributed by atoms with van der Waals surface area (Å²) in [5.74, 6) is 0. The lowest BCUT2D eigenvalue weighted by Crippen LogP contribution is -2.05. The average molecular weight is 241 g/mol. The van der Waals surface area contributed by atoms with Gasteiger partial charge >= 0.3 is 0 Å². The fourth-order valence-corrected chi connectivity index (χ4v) is 1.91. The fourth-order valence-electron chi connectivity index (χ4n) is 1.91. The lowest BCUT2D eigenvalue weighted by molar-refractivity contribution is 0.188. The Morgan fingerprint density at radius 2 is 2.06 bits per heavy atom. The first-order chi connectivity index (χ1) is 7.22. The zero-order valence-electron chi connectivity index (χ0n) is 9.56. The molecule has 1 heterocycles. The molecular formula is C12H17ClN2O. The largest absolute Gasteiger partial charge is 0.399 e. The fraction of sp³-hybridized carbons (Fsp3) is 0.333. The molecule has 0 unspecified atom stereocenters. The van der Waals surface area contributed by atoms with Gasteiger partial charge in [-0.3, -0.25) is 0 Å². The van der Waals surface area contributed by atoms with Crippen LogP contribution in [0.4, 0.5) is 5.69 Å². The number of nitrogen functional groups attached to an aromatic ring is 1. The molecule has 0 fully saturated rings. The smallest absolute Gasteiger partial charge is 0.0642 e. The van der Waals surface area contributed by atoms with E-state index in [0.717, 1.165) is 18.8 Å². The summed E-state index contributed by atoms with van der Waals surface area (Å²) in [5.41, 5.74) is 9.03. The van der Waals surface area contributed by atoms with Gasteiger partial charge in [0.15, 0.2) is 0 Å². The molecule has 1 aromatic carbocycles. The predicted octanol–water partition coefficient (Wildman–Crippen LogP) is 2.60. The van der Waals surface area contributed by atoms with Crippen LogP contribution in [0, 0.1) is 6.92 Å². The molecule has 0 atom stereocenters. The Kier molecular flexibility index (Phi) is 4.21. The normalized spacial score (nSPS) is 10.4. The predicted molar refractivity (Wildman–Crippen MR) is 70.2 cm³/mol. The van der Waals surface area contributed by atoms with E-state index in [4.69, 9.17) is 10.5 Å². The minimum absolute atomic E-state index is 0. The first kappa shape index (κ1) is 12.9. The topological polar surface area (TPSA) is 40.2 Å². The van der Waals surface area contributed by atoms with Gasteiger partial charge < -0.3 is 15.0 Å². The van der Waals surface area contributed by atoms with Crippen molar-refractivity contribution < 1.29 is 4.74 Å². The number of hydrogen-bond donors (Lipinski definition) is 1. The standard InChI is InChI=1S/C12H16N2O.ClH/c1-9-7-10-8-11(13)3-4-12(10)14(9)5-6-15-2;/h3-4,7-8H,5-6,13H2,1-2H3;1H. The van der Waals surface area contributed by atoms with Gasteiger partial charge in [-0.1, -0.05) is 0 Å². The second kappa shape index (κ2) is 5.23. The number of hydrogen-bond acceptors (Lipinski definition) is 2. The maximum Gasteiger partial charge on any atom is 0.0642 e. The van der Waals surface area contributed by atoms with Crippen LogP contribution in [0.3, 0.4) is 0 Å². The minimum atomic E-state index is 0. The molecule has 0 radical (unpaired) electrons. The second-order valence-electron chi connectivity index (χ2n) is 3.75. The number of aryl methyl sites for hydroxylation is 1. The van der Waals surface area contributed by atoms with Crippen molar-refractivity contribution in [3.63, 3.8) is 0 Å². The molecule has 0 aliphatic heterocycles. The van der Waals surface area contributed by atoms with Crippen LogP contribution in [0.15, 0.2) is 24.3 Å². The Hall–Kier alpha value is -1.19. The highest BCUT2D eigenvalue weighted by atomic mass is 35.5. The Labute approximate surface area is 102 Å². The van der Waals surface area contributed by atoms with Gasteiger partial charge in [-0.25, -0.2) is 0 Å². The van der Waals surface area contributed by atoms with Crippen molar-refractivity contribution in [2.24, 2.45) is 0 Å². The van der Waals surface area contributed by atoms with Crippen LogP contribution in [-0.4, -0.2) is 18.3 Å². The molecule has 1 aromatic heterocycles. The molecule has 2 rings (SSSR count). The molecule has 0 spiro atoms. The van der Waals surface area contributed by atoms with Gasteiger partial charge in [0, 0.05) is 35.9 Å². The second-order valence-corrected chi connectivity index (χ2v) is 3.75. The highest BCUT2D eigenvalue weighted by Gasteiger charge is 2.04. The average Bonchev–Trinajstić information content (AvgIpc) is 2.50. The van der Waals surface area contributed by atoms with E-state index in [1.165, 1.54) is 16.6 Å². The first-order valence-corrected chi connectivity index (χ1v) is 5.06. The summed E-state index contributed by atoms with van der Waals surface area (Å²) in [5, 5.41) is 1.20. The van der Waals surface area contributed by atoms with Crippen molar-refractivity contribution in [1.29, 1.82) is 0 Å². The van der Waals surface area contributed by atoms with Crippen molar-refractivity contribution >= 4 is 29.0 Å². The van der Waals surface area contributed by atoms with Gasteiger partial charge in [0.1, 0.15) is 0 Å². The SMILES string of the molecule is COCCn1c(C)cc2cc(N)ccc21.Cl. The maximum absolute atomic E-state index is 5.75. The number of halogens is 1. The van der Waals surface area contributed by atoms with E-state index in [-0.39, 0.29) is 12.4 Å². The lowest BCUT2D eigenvalue weighted by Gasteiger charge is -2.07. The Morgan fingerprint density at radius 1 is 1.31 bits per heavy atom. The molecule has 4 heteroatoms. The quantitative estimate of drug-likeness (QED) is 0.838. The van der Waals surface area contributed by atoms with E-state index < -0.39 is 0 Å². The van der Waals surface area contributed by atoms with Gasteiger partial charge in [0.25, 0.3) is 0 Å².